The molecular weight excluding hydrogens is 228 g/mol. The van der Waals surface area contributed by atoms with Crippen molar-refractivity contribution in [1.29, 1.82) is 0 Å². The van der Waals surface area contributed by atoms with E-state index in [-0.39, 0.29) is 17.7 Å². The molecule has 0 aromatic rings. The van der Waals surface area contributed by atoms with Crippen LogP contribution in [-0.4, -0.2) is 36.3 Å². The van der Waals surface area contributed by atoms with Gasteiger partial charge in [0.15, 0.2) is 0 Å². The van der Waals surface area contributed by atoms with Gasteiger partial charge in [-0.25, -0.2) is 0 Å². The van der Waals surface area contributed by atoms with Crippen molar-refractivity contribution in [2.45, 2.75) is 51.4 Å². The molecule has 4 heteroatoms. The summed E-state index contributed by atoms with van der Waals surface area (Å²) in [4.78, 5) is 25.2. The van der Waals surface area contributed by atoms with Gasteiger partial charge in [0.05, 0.1) is 0 Å². The van der Waals surface area contributed by atoms with Gasteiger partial charge in [0.1, 0.15) is 0 Å². The molecule has 102 valence electrons. The van der Waals surface area contributed by atoms with Crippen molar-refractivity contribution in [2.75, 3.05) is 19.6 Å². The number of hydrogen-bond acceptors (Lipinski definition) is 2. The van der Waals surface area contributed by atoms with E-state index in [1.807, 2.05) is 4.90 Å². The summed E-state index contributed by atoms with van der Waals surface area (Å²) in [5.41, 5.74) is 0. The summed E-state index contributed by atoms with van der Waals surface area (Å²) in [7, 11) is 0. The Bertz CT molecular complexity index is 298. The standard InChI is InChI=1S/C14H24N2O2/c17-13-8-4-10-16(13)11-5-9-15-14(18)12-6-2-1-3-7-12/h12H,1-11H2,(H,15,18). The zero-order chi connectivity index (χ0) is 12.8. The van der Waals surface area contributed by atoms with E-state index in [2.05, 4.69) is 5.32 Å². The Kier molecular flexibility index (Phi) is 5.02. The van der Waals surface area contributed by atoms with E-state index >= 15 is 0 Å². The number of likely N-dealkylation sites (tertiary alicyclic amines) is 1. The van der Waals surface area contributed by atoms with Crippen LogP contribution >= 0.6 is 0 Å². The minimum atomic E-state index is 0.224. The second kappa shape index (κ2) is 6.76. The van der Waals surface area contributed by atoms with E-state index in [0.717, 1.165) is 38.8 Å². The van der Waals surface area contributed by atoms with Crippen LogP contribution in [0.5, 0.6) is 0 Å². The number of hydrogen-bond donors (Lipinski definition) is 1. The summed E-state index contributed by atoms with van der Waals surface area (Å²) in [6, 6.07) is 0. The van der Waals surface area contributed by atoms with Crippen molar-refractivity contribution in [2.24, 2.45) is 5.92 Å². The zero-order valence-corrected chi connectivity index (χ0v) is 11.1. The third-order valence-electron chi connectivity index (χ3n) is 4.05. The lowest BCUT2D eigenvalue weighted by Gasteiger charge is -2.21. The number of carbonyl (C=O) groups is 2. The number of nitrogens with one attached hydrogen (secondary N) is 1. The van der Waals surface area contributed by atoms with Crippen LogP contribution in [0, 0.1) is 5.92 Å². The highest BCUT2D eigenvalue weighted by Crippen LogP contribution is 2.23. The van der Waals surface area contributed by atoms with Gasteiger partial charge in [0, 0.05) is 32.0 Å². The maximum atomic E-state index is 11.9. The summed E-state index contributed by atoms with van der Waals surface area (Å²) >= 11 is 0. The normalized spacial score (nSPS) is 21.3. The molecule has 2 amide bonds. The Morgan fingerprint density at radius 3 is 2.67 bits per heavy atom. The Morgan fingerprint density at radius 2 is 2.00 bits per heavy atom. The largest absolute Gasteiger partial charge is 0.356 e. The van der Waals surface area contributed by atoms with Crippen molar-refractivity contribution in [3.05, 3.63) is 0 Å². The van der Waals surface area contributed by atoms with Crippen LogP contribution in [-0.2, 0) is 9.59 Å². The Balaban J connectivity index is 1.57. The van der Waals surface area contributed by atoms with Gasteiger partial charge in [-0.05, 0) is 25.7 Å². The van der Waals surface area contributed by atoms with E-state index in [1.54, 1.807) is 0 Å². The molecule has 1 saturated heterocycles. The van der Waals surface area contributed by atoms with Gasteiger partial charge in [0.2, 0.25) is 11.8 Å². The minimum absolute atomic E-state index is 0.224. The molecular formula is C14H24N2O2. The fraction of sp³-hybridized carbons (Fsp3) is 0.857. The molecule has 4 nitrogen and oxygen atoms in total. The van der Waals surface area contributed by atoms with Crippen molar-refractivity contribution in [1.82, 2.24) is 10.2 Å². The lowest BCUT2D eigenvalue weighted by molar-refractivity contribution is -0.127. The number of nitrogens with zero attached hydrogens (tertiary/aromatic N) is 1. The predicted molar refractivity (Wildman–Crippen MR) is 70.0 cm³/mol. The van der Waals surface area contributed by atoms with Crippen LogP contribution in [0.2, 0.25) is 0 Å². The lowest BCUT2D eigenvalue weighted by Crippen LogP contribution is -2.34. The molecule has 0 atom stereocenters. The average molecular weight is 252 g/mol. The molecule has 0 bridgehead atoms. The summed E-state index contributed by atoms with van der Waals surface area (Å²) in [5, 5.41) is 3.01. The summed E-state index contributed by atoms with van der Waals surface area (Å²) < 4.78 is 0. The van der Waals surface area contributed by atoms with E-state index in [0.29, 0.717) is 13.0 Å². The second-order valence-electron chi connectivity index (χ2n) is 5.46. The highest BCUT2D eigenvalue weighted by atomic mass is 16.2. The molecule has 2 aliphatic rings. The maximum Gasteiger partial charge on any atom is 0.223 e. The van der Waals surface area contributed by atoms with Gasteiger partial charge in [-0.3, -0.25) is 9.59 Å². The van der Waals surface area contributed by atoms with Crippen molar-refractivity contribution >= 4 is 11.8 Å². The zero-order valence-electron chi connectivity index (χ0n) is 11.1. The summed E-state index contributed by atoms with van der Waals surface area (Å²) in [5.74, 6) is 0.739. The first-order valence-electron chi connectivity index (χ1n) is 7.33. The quantitative estimate of drug-likeness (QED) is 0.757. The van der Waals surface area contributed by atoms with Gasteiger partial charge in [-0.2, -0.15) is 0 Å². The Labute approximate surface area is 109 Å². The molecule has 1 heterocycles. The Hall–Kier alpha value is -1.06. The van der Waals surface area contributed by atoms with Gasteiger partial charge >= 0.3 is 0 Å². The monoisotopic (exact) mass is 252 g/mol. The van der Waals surface area contributed by atoms with Gasteiger partial charge in [0.25, 0.3) is 0 Å². The average Bonchev–Trinajstić information content (AvgIpc) is 2.81. The van der Waals surface area contributed by atoms with E-state index < -0.39 is 0 Å². The molecule has 1 N–H and O–H groups in total. The van der Waals surface area contributed by atoms with Crippen LogP contribution < -0.4 is 5.32 Å². The van der Waals surface area contributed by atoms with Crippen LogP contribution in [0.1, 0.15) is 51.4 Å². The van der Waals surface area contributed by atoms with Crippen LogP contribution in [0.4, 0.5) is 0 Å². The molecule has 0 unspecified atom stereocenters. The van der Waals surface area contributed by atoms with Crippen LogP contribution in [0.25, 0.3) is 0 Å². The van der Waals surface area contributed by atoms with Crippen LogP contribution in [0.15, 0.2) is 0 Å². The Morgan fingerprint density at radius 1 is 1.22 bits per heavy atom. The van der Waals surface area contributed by atoms with E-state index in [4.69, 9.17) is 0 Å². The lowest BCUT2D eigenvalue weighted by atomic mass is 9.89. The van der Waals surface area contributed by atoms with Crippen molar-refractivity contribution < 1.29 is 9.59 Å². The number of rotatable bonds is 5. The van der Waals surface area contributed by atoms with Gasteiger partial charge in [-0.15, -0.1) is 0 Å². The molecule has 1 aliphatic heterocycles. The summed E-state index contributed by atoms with van der Waals surface area (Å²) in [6.07, 6.45) is 8.35. The fourth-order valence-corrected chi connectivity index (χ4v) is 2.93. The fourth-order valence-electron chi connectivity index (χ4n) is 2.93. The first kappa shape index (κ1) is 13.4. The topological polar surface area (TPSA) is 49.4 Å². The van der Waals surface area contributed by atoms with Gasteiger partial charge < -0.3 is 10.2 Å². The van der Waals surface area contributed by atoms with Gasteiger partial charge in [-0.1, -0.05) is 19.3 Å². The molecule has 0 radical (unpaired) electrons. The molecule has 0 aromatic heterocycles. The smallest absolute Gasteiger partial charge is 0.223 e. The SMILES string of the molecule is O=C(NCCCN1CCCC1=O)C1CCCCC1. The first-order chi connectivity index (χ1) is 8.77. The molecule has 2 fully saturated rings. The minimum Gasteiger partial charge on any atom is -0.356 e. The van der Waals surface area contributed by atoms with Crippen molar-refractivity contribution in [3.8, 4) is 0 Å². The summed E-state index contributed by atoms with van der Waals surface area (Å²) in [6.45, 7) is 2.40. The third kappa shape index (κ3) is 3.72. The first-order valence-corrected chi connectivity index (χ1v) is 7.33. The van der Waals surface area contributed by atoms with E-state index in [9.17, 15) is 9.59 Å². The predicted octanol–water partition coefficient (Wildman–Crippen LogP) is 1.70. The molecule has 1 aliphatic carbocycles. The van der Waals surface area contributed by atoms with E-state index in [1.165, 1.54) is 19.3 Å². The molecule has 18 heavy (non-hydrogen) atoms. The number of amides is 2. The third-order valence-corrected chi connectivity index (χ3v) is 4.05. The second-order valence-corrected chi connectivity index (χ2v) is 5.46. The molecule has 1 saturated carbocycles. The number of carbonyl (C=O) groups excluding carboxylic acids is 2. The highest BCUT2D eigenvalue weighted by molar-refractivity contribution is 5.79. The molecule has 0 spiro atoms. The van der Waals surface area contributed by atoms with Crippen molar-refractivity contribution in [3.63, 3.8) is 0 Å². The highest BCUT2D eigenvalue weighted by Gasteiger charge is 2.21. The maximum absolute atomic E-state index is 11.9. The van der Waals surface area contributed by atoms with Crippen LogP contribution in [0.3, 0.4) is 0 Å². The molecule has 2 rings (SSSR count). The molecule has 0 aromatic carbocycles.